The molecule has 3 heterocycles. The van der Waals surface area contributed by atoms with Gasteiger partial charge in [0.1, 0.15) is 5.78 Å². The minimum absolute atomic E-state index is 0.00677. The first-order valence-corrected chi connectivity index (χ1v) is 14.5. The number of nitrogens with zero attached hydrogens (tertiary/aromatic N) is 1. The van der Waals surface area contributed by atoms with E-state index in [4.69, 9.17) is 14.2 Å². The Morgan fingerprint density at radius 3 is 2.59 bits per heavy atom. The molecule has 2 spiro atoms. The fourth-order valence-electron chi connectivity index (χ4n) is 8.30. The zero-order chi connectivity index (χ0) is 26.1. The number of Topliss-reactive ketones (excluding diaryl/α,β-unsaturated/α-hetero) is 1. The van der Waals surface area contributed by atoms with Gasteiger partial charge in [-0.3, -0.25) is 9.59 Å². The maximum absolute atomic E-state index is 14.5. The lowest BCUT2D eigenvalue weighted by Gasteiger charge is -2.49. The lowest BCUT2D eigenvalue weighted by molar-refractivity contribution is -0.212. The van der Waals surface area contributed by atoms with E-state index in [1.807, 2.05) is 18.2 Å². The first-order valence-electron chi connectivity index (χ1n) is 14.5. The van der Waals surface area contributed by atoms with E-state index in [0.717, 1.165) is 50.5 Å². The van der Waals surface area contributed by atoms with Gasteiger partial charge in [-0.1, -0.05) is 57.5 Å². The minimum Gasteiger partial charge on any atom is -0.377 e. The summed E-state index contributed by atoms with van der Waals surface area (Å²) >= 11 is 0. The lowest BCUT2D eigenvalue weighted by Crippen LogP contribution is -2.58. The summed E-state index contributed by atoms with van der Waals surface area (Å²) in [6.45, 7) is 9.52. The van der Waals surface area contributed by atoms with Gasteiger partial charge in [-0.2, -0.15) is 0 Å². The molecule has 37 heavy (non-hydrogen) atoms. The topological polar surface area (TPSA) is 65.1 Å². The highest BCUT2D eigenvalue weighted by atomic mass is 16.7. The Kier molecular flexibility index (Phi) is 7.82. The highest BCUT2D eigenvalue weighted by molar-refractivity contribution is 5.89. The van der Waals surface area contributed by atoms with E-state index in [9.17, 15) is 9.59 Å². The smallest absolute Gasteiger partial charge is 0.229 e. The molecule has 1 amide bonds. The normalized spacial score (nSPS) is 31.2. The van der Waals surface area contributed by atoms with Crippen molar-refractivity contribution in [3.05, 3.63) is 35.9 Å². The number of piperidine rings is 1. The Balaban J connectivity index is 1.37. The maximum atomic E-state index is 14.5. The minimum atomic E-state index is -0.537. The van der Waals surface area contributed by atoms with Gasteiger partial charge in [0.15, 0.2) is 5.79 Å². The van der Waals surface area contributed by atoms with Crippen LogP contribution in [0.3, 0.4) is 0 Å². The van der Waals surface area contributed by atoms with Crippen LogP contribution < -0.4 is 0 Å². The first kappa shape index (κ1) is 26.8. The molecule has 1 aromatic carbocycles. The van der Waals surface area contributed by atoms with Crippen molar-refractivity contribution in [3.8, 4) is 0 Å². The van der Waals surface area contributed by atoms with Crippen LogP contribution in [0.5, 0.6) is 0 Å². The standard InChI is InChI=1S/C31H45NO5/c1-23(2)19-26(33)20-24(3)31(13-8-16-35-21-25-9-5-4-6-10-25)27-11-7-12-29(27)22-30(36-17-18-37-30)14-15-32(29)28(31)34/h4-6,9-10,23-24,27H,7-8,11-22H2,1-3H3/t24?,27-,29-,31+/m1/s1. The van der Waals surface area contributed by atoms with Crippen molar-refractivity contribution in [2.45, 2.75) is 96.5 Å². The van der Waals surface area contributed by atoms with Crippen molar-refractivity contribution in [2.75, 3.05) is 26.4 Å². The molecule has 4 fully saturated rings. The third-order valence-electron chi connectivity index (χ3n) is 9.70. The number of benzene rings is 1. The first-order chi connectivity index (χ1) is 17.8. The fourth-order valence-corrected chi connectivity index (χ4v) is 8.30. The Hall–Kier alpha value is -1.76. The molecule has 4 atom stereocenters. The van der Waals surface area contributed by atoms with Gasteiger partial charge in [0.05, 0.1) is 30.8 Å². The largest absolute Gasteiger partial charge is 0.377 e. The van der Waals surface area contributed by atoms with Crippen LogP contribution in [0, 0.1) is 23.2 Å². The molecule has 4 aliphatic rings. The summed E-state index contributed by atoms with van der Waals surface area (Å²) in [5.41, 5.74) is 0.430. The third kappa shape index (κ3) is 4.90. The third-order valence-corrected chi connectivity index (χ3v) is 9.70. The second-order valence-corrected chi connectivity index (χ2v) is 12.5. The van der Waals surface area contributed by atoms with Crippen molar-refractivity contribution in [3.63, 3.8) is 0 Å². The van der Waals surface area contributed by atoms with Crippen LogP contribution in [-0.4, -0.2) is 54.3 Å². The molecule has 6 heteroatoms. The van der Waals surface area contributed by atoms with Crippen LogP contribution in [0.2, 0.25) is 0 Å². The van der Waals surface area contributed by atoms with Crippen molar-refractivity contribution in [1.82, 2.24) is 4.90 Å². The summed E-state index contributed by atoms with van der Waals surface area (Å²) in [4.78, 5) is 29.7. The lowest BCUT2D eigenvalue weighted by atomic mass is 9.60. The predicted octanol–water partition coefficient (Wildman–Crippen LogP) is 5.53. The second kappa shape index (κ2) is 10.8. The summed E-state index contributed by atoms with van der Waals surface area (Å²) in [6.07, 6.45) is 7.33. The zero-order valence-corrected chi connectivity index (χ0v) is 23.0. The Morgan fingerprint density at radius 1 is 1.11 bits per heavy atom. The number of amides is 1. The molecule has 5 rings (SSSR count). The summed E-state index contributed by atoms with van der Waals surface area (Å²) in [6, 6.07) is 10.2. The molecular weight excluding hydrogens is 466 g/mol. The van der Waals surface area contributed by atoms with Gasteiger partial charge in [0.25, 0.3) is 0 Å². The van der Waals surface area contributed by atoms with E-state index >= 15 is 0 Å². The van der Waals surface area contributed by atoms with Gasteiger partial charge in [-0.05, 0) is 49.0 Å². The van der Waals surface area contributed by atoms with Crippen LogP contribution in [-0.2, 0) is 30.4 Å². The number of ether oxygens (including phenoxy) is 3. The van der Waals surface area contributed by atoms with Crippen LogP contribution >= 0.6 is 0 Å². The molecule has 1 aliphatic carbocycles. The molecule has 3 saturated heterocycles. The number of hydrogen-bond donors (Lipinski definition) is 0. The van der Waals surface area contributed by atoms with Crippen molar-refractivity contribution in [2.24, 2.45) is 23.2 Å². The van der Waals surface area contributed by atoms with E-state index in [1.165, 1.54) is 0 Å². The molecule has 0 aromatic heterocycles. The second-order valence-electron chi connectivity index (χ2n) is 12.5. The molecule has 1 unspecified atom stereocenters. The molecule has 0 bridgehead atoms. The summed E-state index contributed by atoms with van der Waals surface area (Å²) in [7, 11) is 0. The van der Waals surface area contributed by atoms with Crippen LogP contribution in [0.15, 0.2) is 30.3 Å². The quantitative estimate of drug-likeness (QED) is 0.366. The van der Waals surface area contributed by atoms with E-state index in [-0.39, 0.29) is 29.1 Å². The Bertz CT molecular complexity index is 958. The number of ketones is 1. The van der Waals surface area contributed by atoms with Crippen molar-refractivity contribution >= 4 is 11.7 Å². The highest BCUT2D eigenvalue weighted by Gasteiger charge is 2.71. The van der Waals surface area contributed by atoms with Gasteiger partial charge < -0.3 is 19.1 Å². The fraction of sp³-hybridized carbons (Fsp3) is 0.742. The Labute approximate surface area is 222 Å². The highest BCUT2D eigenvalue weighted by Crippen LogP contribution is 2.65. The van der Waals surface area contributed by atoms with Crippen LogP contribution in [0.4, 0.5) is 0 Å². The monoisotopic (exact) mass is 511 g/mol. The molecule has 1 aromatic rings. The van der Waals surface area contributed by atoms with E-state index < -0.39 is 11.2 Å². The predicted molar refractivity (Wildman–Crippen MR) is 142 cm³/mol. The molecule has 1 saturated carbocycles. The van der Waals surface area contributed by atoms with Crippen molar-refractivity contribution < 1.29 is 23.8 Å². The van der Waals surface area contributed by atoms with Gasteiger partial charge in [0, 0.05) is 38.8 Å². The van der Waals surface area contributed by atoms with E-state index in [0.29, 0.717) is 51.7 Å². The molecule has 204 valence electrons. The van der Waals surface area contributed by atoms with E-state index in [1.54, 1.807) is 0 Å². The van der Waals surface area contributed by atoms with E-state index in [2.05, 4.69) is 37.8 Å². The van der Waals surface area contributed by atoms with Gasteiger partial charge >= 0.3 is 0 Å². The van der Waals surface area contributed by atoms with Crippen LogP contribution in [0.25, 0.3) is 0 Å². The molecule has 3 aliphatic heterocycles. The Morgan fingerprint density at radius 2 is 1.86 bits per heavy atom. The van der Waals surface area contributed by atoms with Gasteiger partial charge in [-0.25, -0.2) is 0 Å². The average Bonchev–Trinajstić information content (AvgIpc) is 3.53. The number of hydrogen-bond acceptors (Lipinski definition) is 5. The molecule has 0 N–H and O–H groups in total. The molecule has 0 radical (unpaired) electrons. The molecule has 6 nitrogen and oxygen atoms in total. The summed E-state index contributed by atoms with van der Waals surface area (Å²) in [5.74, 6) is 0.594. The SMILES string of the molecule is CC(C)CC(=O)CC(C)[C@]1(CCCOCc2ccccc2)C(=O)N2CCC3(C[C@@]24CCC[C@H]41)OCCO3. The van der Waals surface area contributed by atoms with Crippen molar-refractivity contribution in [1.29, 1.82) is 0 Å². The van der Waals surface area contributed by atoms with Crippen LogP contribution in [0.1, 0.15) is 84.1 Å². The number of rotatable bonds is 11. The summed E-state index contributed by atoms with van der Waals surface area (Å²) in [5, 5.41) is 0. The number of carbonyl (C=O) groups is 2. The summed E-state index contributed by atoms with van der Waals surface area (Å²) < 4.78 is 18.4. The van der Waals surface area contributed by atoms with Gasteiger partial charge in [-0.15, -0.1) is 0 Å². The number of carbonyl (C=O) groups excluding carboxylic acids is 2. The zero-order valence-electron chi connectivity index (χ0n) is 23.0. The maximum Gasteiger partial charge on any atom is 0.229 e. The average molecular weight is 512 g/mol. The van der Waals surface area contributed by atoms with Gasteiger partial charge in [0.2, 0.25) is 5.91 Å². The molecular formula is C31H45NO5.